The molecule has 0 heterocycles. The molecule has 2 aromatic rings. The van der Waals surface area contributed by atoms with E-state index in [1.165, 1.54) is 38.2 Å². The first-order valence-corrected chi connectivity index (χ1v) is 8.49. The molecule has 2 heteroatoms. The largest absolute Gasteiger partial charge is 0.206 e. The Morgan fingerprint density at radius 3 is 2.33 bits per heavy atom. The zero-order valence-electron chi connectivity index (χ0n) is 12.7. The highest BCUT2D eigenvalue weighted by molar-refractivity contribution is 6.21. The van der Waals surface area contributed by atoms with E-state index in [9.17, 15) is 4.39 Å². The van der Waals surface area contributed by atoms with Crippen molar-refractivity contribution in [3.05, 3.63) is 47.8 Å². The average molecular weight is 307 g/mol. The van der Waals surface area contributed by atoms with Crippen molar-refractivity contribution < 1.29 is 4.39 Å². The van der Waals surface area contributed by atoms with E-state index in [0.717, 1.165) is 23.8 Å². The standard InChI is InChI=1S/C19H24ClF/c1-2-3-4-5-6-7-12-18(20)16-13-14-19(21)17-11-9-8-10-15(16)17/h8-11,13-14,18H,2-7,12H2,1H3. The number of unbranched alkanes of at least 4 members (excludes halogenated alkanes) is 5. The van der Waals surface area contributed by atoms with Crippen molar-refractivity contribution in [2.75, 3.05) is 0 Å². The lowest BCUT2D eigenvalue weighted by Gasteiger charge is -2.13. The van der Waals surface area contributed by atoms with Crippen LogP contribution in [-0.4, -0.2) is 0 Å². The number of halogens is 2. The summed E-state index contributed by atoms with van der Waals surface area (Å²) >= 11 is 6.56. The SMILES string of the molecule is CCCCCCCCC(Cl)c1ccc(F)c2ccccc12. The van der Waals surface area contributed by atoms with Crippen LogP contribution in [0.15, 0.2) is 36.4 Å². The van der Waals surface area contributed by atoms with Crippen LogP contribution in [-0.2, 0) is 0 Å². The number of fused-ring (bicyclic) bond motifs is 1. The normalized spacial score (nSPS) is 12.7. The Bertz CT molecular complexity index is 564. The van der Waals surface area contributed by atoms with Gasteiger partial charge < -0.3 is 0 Å². The molecule has 0 aliphatic rings. The highest BCUT2D eigenvalue weighted by Crippen LogP contribution is 2.33. The van der Waals surface area contributed by atoms with E-state index >= 15 is 0 Å². The molecule has 21 heavy (non-hydrogen) atoms. The van der Waals surface area contributed by atoms with Crippen molar-refractivity contribution in [2.45, 2.75) is 57.2 Å². The fraction of sp³-hybridized carbons (Fsp3) is 0.474. The Balaban J connectivity index is 1.97. The summed E-state index contributed by atoms with van der Waals surface area (Å²) in [6.07, 6.45) is 8.56. The molecule has 0 nitrogen and oxygen atoms in total. The van der Waals surface area contributed by atoms with Crippen LogP contribution in [0.5, 0.6) is 0 Å². The molecule has 2 rings (SSSR count). The Kier molecular flexibility index (Phi) is 6.50. The average Bonchev–Trinajstić information content (AvgIpc) is 2.51. The van der Waals surface area contributed by atoms with E-state index in [1.54, 1.807) is 0 Å². The molecule has 0 radical (unpaired) electrons. The molecule has 0 aromatic heterocycles. The van der Waals surface area contributed by atoms with Gasteiger partial charge in [0.15, 0.2) is 0 Å². The molecular weight excluding hydrogens is 283 g/mol. The summed E-state index contributed by atoms with van der Waals surface area (Å²) in [4.78, 5) is 0. The van der Waals surface area contributed by atoms with E-state index in [4.69, 9.17) is 11.6 Å². The van der Waals surface area contributed by atoms with Crippen molar-refractivity contribution in [3.8, 4) is 0 Å². The van der Waals surface area contributed by atoms with Gasteiger partial charge in [-0.1, -0.05) is 75.8 Å². The van der Waals surface area contributed by atoms with Gasteiger partial charge in [-0.05, 0) is 23.4 Å². The van der Waals surface area contributed by atoms with Gasteiger partial charge in [-0.2, -0.15) is 0 Å². The zero-order valence-corrected chi connectivity index (χ0v) is 13.5. The molecule has 0 spiro atoms. The molecule has 0 saturated carbocycles. The maximum atomic E-state index is 13.8. The summed E-state index contributed by atoms with van der Waals surface area (Å²) in [5, 5.41) is 1.59. The van der Waals surface area contributed by atoms with Gasteiger partial charge in [0.1, 0.15) is 5.82 Å². The van der Waals surface area contributed by atoms with Crippen LogP contribution in [0.1, 0.15) is 62.8 Å². The van der Waals surface area contributed by atoms with Crippen LogP contribution in [0.4, 0.5) is 4.39 Å². The first-order valence-electron chi connectivity index (χ1n) is 8.05. The molecule has 1 atom stereocenters. The smallest absolute Gasteiger partial charge is 0.131 e. The lowest BCUT2D eigenvalue weighted by Crippen LogP contribution is -1.94. The molecule has 0 aliphatic heterocycles. The maximum Gasteiger partial charge on any atom is 0.131 e. The van der Waals surface area contributed by atoms with Gasteiger partial charge in [0.05, 0.1) is 5.38 Å². The van der Waals surface area contributed by atoms with Crippen LogP contribution in [0.3, 0.4) is 0 Å². The van der Waals surface area contributed by atoms with E-state index in [1.807, 2.05) is 30.3 Å². The lowest BCUT2D eigenvalue weighted by atomic mass is 9.98. The third-order valence-electron chi connectivity index (χ3n) is 4.05. The first-order chi connectivity index (χ1) is 10.2. The van der Waals surface area contributed by atoms with Crippen LogP contribution in [0.2, 0.25) is 0 Å². The van der Waals surface area contributed by atoms with E-state index in [2.05, 4.69) is 6.92 Å². The third kappa shape index (κ3) is 4.44. The molecule has 114 valence electrons. The van der Waals surface area contributed by atoms with Gasteiger partial charge >= 0.3 is 0 Å². The summed E-state index contributed by atoms with van der Waals surface area (Å²) in [6, 6.07) is 11.0. The maximum absolute atomic E-state index is 13.8. The minimum absolute atomic E-state index is 0.0262. The Morgan fingerprint density at radius 1 is 0.905 bits per heavy atom. The molecule has 0 saturated heterocycles. The summed E-state index contributed by atoms with van der Waals surface area (Å²) in [7, 11) is 0. The van der Waals surface area contributed by atoms with Gasteiger partial charge in [0.2, 0.25) is 0 Å². The molecular formula is C19H24ClF. The van der Waals surface area contributed by atoms with Crippen LogP contribution < -0.4 is 0 Å². The van der Waals surface area contributed by atoms with Crippen molar-refractivity contribution in [1.82, 2.24) is 0 Å². The van der Waals surface area contributed by atoms with Crippen LogP contribution in [0.25, 0.3) is 10.8 Å². The molecule has 0 aliphatic carbocycles. The van der Waals surface area contributed by atoms with Gasteiger partial charge in [-0.25, -0.2) is 4.39 Å². The Morgan fingerprint density at radius 2 is 1.57 bits per heavy atom. The molecule has 1 unspecified atom stereocenters. The van der Waals surface area contributed by atoms with Crippen molar-refractivity contribution in [1.29, 1.82) is 0 Å². The van der Waals surface area contributed by atoms with Crippen molar-refractivity contribution >= 4 is 22.4 Å². The minimum Gasteiger partial charge on any atom is -0.206 e. The van der Waals surface area contributed by atoms with E-state index < -0.39 is 0 Å². The molecule has 0 fully saturated rings. The predicted octanol–water partition coefficient (Wildman–Crippen LogP) is 7.01. The second kappa shape index (κ2) is 8.38. The fourth-order valence-electron chi connectivity index (χ4n) is 2.82. The van der Waals surface area contributed by atoms with Crippen LogP contribution >= 0.6 is 11.6 Å². The Hall–Kier alpha value is -1.08. The monoisotopic (exact) mass is 306 g/mol. The summed E-state index contributed by atoms with van der Waals surface area (Å²) < 4.78 is 13.8. The van der Waals surface area contributed by atoms with Gasteiger partial charge in [0.25, 0.3) is 0 Å². The number of hydrogen-bond acceptors (Lipinski definition) is 0. The summed E-state index contributed by atoms with van der Waals surface area (Å²) in [5.74, 6) is -0.169. The number of benzene rings is 2. The van der Waals surface area contributed by atoms with Gasteiger partial charge in [0, 0.05) is 5.39 Å². The summed E-state index contributed by atoms with van der Waals surface area (Å²) in [6.45, 7) is 2.23. The van der Waals surface area contributed by atoms with Crippen molar-refractivity contribution in [3.63, 3.8) is 0 Å². The third-order valence-corrected chi connectivity index (χ3v) is 4.51. The van der Waals surface area contributed by atoms with E-state index in [-0.39, 0.29) is 11.2 Å². The molecule has 2 aromatic carbocycles. The number of hydrogen-bond donors (Lipinski definition) is 0. The quantitative estimate of drug-likeness (QED) is 0.363. The first kappa shape index (κ1) is 16.3. The predicted molar refractivity (Wildman–Crippen MR) is 90.5 cm³/mol. The van der Waals surface area contributed by atoms with Crippen LogP contribution in [0, 0.1) is 5.82 Å². The second-order valence-corrected chi connectivity index (χ2v) is 6.23. The highest BCUT2D eigenvalue weighted by Gasteiger charge is 2.13. The second-order valence-electron chi connectivity index (χ2n) is 5.71. The lowest BCUT2D eigenvalue weighted by molar-refractivity contribution is 0.585. The van der Waals surface area contributed by atoms with Gasteiger partial charge in [-0.3, -0.25) is 0 Å². The summed E-state index contributed by atoms with van der Waals surface area (Å²) in [5.41, 5.74) is 1.06. The van der Waals surface area contributed by atoms with Gasteiger partial charge in [-0.15, -0.1) is 11.6 Å². The Labute approximate surface area is 132 Å². The van der Waals surface area contributed by atoms with Crippen molar-refractivity contribution in [2.24, 2.45) is 0 Å². The highest BCUT2D eigenvalue weighted by atomic mass is 35.5. The number of alkyl halides is 1. The molecule has 0 N–H and O–H groups in total. The zero-order chi connectivity index (χ0) is 15.1. The minimum atomic E-state index is -0.169. The molecule has 0 amide bonds. The number of rotatable bonds is 8. The fourth-order valence-corrected chi connectivity index (χ4v) is 3.16. The topological polar surface area (TPSA) is 0 Å². The molecule has 0 bridgehead atoms. The van der Waals surface area contributed by atoms with E-state index in [0.29, 0.717) is 5.39 Å².